The molecule has 0 unspecified atom stereocenters. The molecule has 3 rings (SSSR count). The van der Waals surface area contributed by atoms with E-state index in [0.717, 1.165) is 0 Å². The molecule has 0 N–H and O–H groups in total. The molecule has 3 aromatic heterocycles. The zero-order chi connectivity index (χ0) is 6.55. The number of rotatable bonds is 0. The third-order valence-electron chi connectivity index (χ3n) is 1.21. The molecule has 0 spiro atoms. The average molecular weight is 136 g/mol. The molecule has 10 heavy (non-hydrogen) atoms. The van der Waals surface area contributed by atoms with Gasteiger partial charge in [0.25, 0.3) is 11.6 Å². The van der Waals surface area contributed by atoms with Crippen molar-refractivity contribution in [2.45, 2.75) is 0 Å². The second-order valence-corrected chi connectivity index (χ2v) is 1.76. The molecule has 0 radical (unpaired) electrons. The number of nitrogens with zero attached hydrogens (tertiary/aromatic N) is 8. The number of aromatic nitrogens is 8. The van der Waals surface area contributed by atoms with Gasteiger partial charge < -0.3 is 0 Å². The maximum Gasteiger partial charge on any atom is 0.295 e. The summed E-state index contributed by atoms with van der Waals surface area (Å²) in [6, 6.07) is 0. The van der Waals surface area contributed by atoms with Crippen LogP contribution in [-0.4, -0.2) is 40.1 Å². The van der Waals surface area contributed by atoms with E-state index in [1.165, 1.54) is 9.26 Å². The third-order valence-corrected chi connectivity index (χ3v) is 1.21. The summed E-state index contributed by atoms with van der Waals surface area (Å²) in [5.41, 5.74) is 0. The minimum Gasteiger partial charge on any atom is -0.136 e. The molecule has 0 aliphatic rings. The van der Waals surface area contributed by atoms with E-state index >= 15 is 0 Å². The highest BCUT2D eigenvalue weighted by molar-refractivity contribution is 5.35. The third kappa shape index (κ3) is 0.257. The van der Waals surface area contributed by atoms with E-state index < -0.39 is 0 Å². The first kappa shape index (κ1) is 4.04. The molecule has 3 heterocycles. The van der Waals surface area contributed by atoms with Gasteiger partial charge in [0, 0.05) is 0 Å². The SMILES string of the molecule is n1nc2nnn3nnc1n23. The maximum atomic E-state index is 3.66. The molecule has 8 nitrogen and oxygen atoms in total. The van der Waals surface area contributed by atoms with Crippen LogP contribution in [0, 0.1) is 0 Å². The van der Waals surface area contributed by atoms with Crippen LogP contribution in [0.1, 0.15) is 0 Å². The summed E-state index contributed by atoms with van der Waals surface area (Å²) in [5.74, 6) is 0.833. The van der Waals surface area contributed by atoms with Crippen molar-refractivity contribution in [3.05, 3.63) is 0 Å². The fourth-order valence-corrected chi connectivity index (χ4v) is 0.806. The van der Waals surface area contributed by atoms with Crippen molar-refractivity contribution in [3.8, 4) is 0 Å². The zero-order valence-electron chi connectivity index (χ0n) is 4.58. The Morgan fingerprint density at radius 1 is 0.800 bits per heavy atom. The summed E-state index contributed by atoms with van der Waals surface area (Å²) >= 11 is 0. The van der Waals surface area contributed by atoms with Crippen LogP contribution in [0.25, 0.3) is 11.6 Å². The van der Waals surface area contributed by atoms with Crippen molar-refractivity contribution in [2.75, 3.05) is 0 Å². The Kier molecular flexibility index (Phi) is 0.417. The van der Waals surface area contributed by atoms with E-state index in [4.69, 9.17) is 0 Å². The number of hydrogen-bond donors (Lipinski definition) is 0. The van der Waals surface area contributed by atoms with Crippen LogP contribution in [0.3, 0.4) is 0 Å². The summed E-state index contributed by atoms with van der Waals surface area (Å²) in [6.07, 6.45) is 0. The smallest absolute Gasteiger partial charge is 0.136 e. The minimum absolute atomic E-state index is 0.417. The van der Waals surface area contributed by atoms with Crippen molar-refractivity contribution in [1.82, 2.24) is 40.1 Å². The standard InChI is InChI=1S/C2N8/c3-1-5-7-10-8-6-2(4-3)9(1)10. The Labute approximate surface area is 52.8 Å². The van der Waals surface area contributed by atoms with Gasteiger partial charge in [-0.3, -0.25) is 0 Å². The normalized spacial score (nSPS) is 12.0. The lowest BCUT2D eigenvalue weighted by Crippen LogP contribution is -1.92. The highest BCUT2D eigenvalue weighted by Crippen LogP contribution is 1.95. The van der Waals surface area contributed by atoms with Gasteiger partial charge in [-0.1, -0.05) is 10.2 Å². The summed E-state index contributed by atoms with van der Waals surface area (Å²) in [5, 5.41) is 21.8. The van der Waals surface area contributed by atoms with E-state index in [-0.39, 0.29) is 0 Å². The first-order valence-corrected chi connectivity index (χ1v) is 2.54. The van der Waals surface area contributed by atoms with Crippen LogP contribution < -0.4 is 0 Å². The molecule has 0 fully saturated rings. The van der Waals surface area contributed by atoms with E-state index in [0.29, 0.717) is 11.6 Å². The second kappa shape index (κ2) is 1.03. The predicted octanol–water partition coefficient (Wildman–Crippen LogP) is -2.00. The Hall–Kier alpha value is -1.86. The van der Waals surface area contributed by atoms with Gasteiger partial charge in [-0.05, 0) is 15.2 Å². The lowest BCUT2D eigenvalue weighted by Gasteiger charge is -1.69. The molecule has 0 aliphatic carbocycles. The van der Waals surface area contributed by atoms with Crippen molar-refractivity contribution in [1.29, 1.82) is 0 Å². The molecule has 48 valence electrons. The first-order valence-electron chi connectivity index (χ1n) is 2.54. The highest BCUT2D eigenvalue weighted by Gasteiger charge is 2.10. The molecule has 0 atom stereocenters. The molecular weight excluding hydrogens is 136 g/mol. The first-order chi connectivity index (χ1) is 4.95. The van der Waals surface area contributed by atoms with Gasteiger partial charge in [0.1, 0.15) is 0 Å². The van der Waals surface area contributed by atoms with Crippen molar-refractivity contribution < 1.29 is 0 Å². The van der Waals surface area contributed by atoms with Crippen molar-refractivity contribution in [2.24, 2.45) is 0 Å². The molecule has 8 heteroatoms. The molecule has 0 bridgehead atoms. The topological polar surface area (TPSA) is 86.2 Å². The number of tetrazole rings is 2. The molecule has 0 amide bonds. The largest absolute Gasteiger partial charge is 0.295 e. The van der Waals surface area contributed by atoms with Gasteiger partial charge in [0.2, 0.25) is 0 Å². The second-order valence-electron chi connectivity index (χ2n) is 1.76. The fraction of sp³-hybridized carbons (Fsp3) is 0. The Morgan fingerprint density at radius 2 is 1.40 bits per heavy atom. The summed E-state index contributed by atoms with van der Waals surface area (Å²) in [4.78, 5) is 0. The van der Waals surface area contributed by atoms with Crippen LogP contribution in [0.5, 0.6) is 0 Å². The fourth-order valence-electron chi connectivity index (χ4n) is 0.806. The van der Waals surface area contributed by atoms with Crippen molar-refractivity contribution in [3.63, 3.8) is 0 Å². The van der Waals surface area contributed by atoms with Gasteiger partial charge in [-0.15, -0.1) is 14.7 Å². The Morgan fingerprint density at radius 3 is 2.00 bits per heavy atom. The molecule has 0 aromatic carbocycles. The Bertz CT molecular complexity index is 360. The van der Waals surface area contributed by atoms with Crippen LogP contribution in [0.15, 0.2) is 0 Å². The van der Waals surface area contributed by atoms with E-state index in [1.54, 1.807) is 0 Å². The van der Waals surface area contributed by atoms with Gasteiger partial charge >= 0.3 is 0 Å². The van der Waals surface area contributed by atoms with Crippen LogP contribution in [-0.2, 0) is 0 Å². The van der Waals surface area contributed by atoms with Crippen LogP contribution in [0.2, 0.25) is 0 Å². The predicted molar refractivity (Wildman–Crippen MR) is 26.3 cm³/mol. The van der Waals surface area contributed by atoms with Gasteiger partial charge in [-0.2, -0.15) is 0 Å². The van der Waals surface area contributed by atoms with E-state index in [9.17, 15) is 0 Å². The quantitative estimate of drug-likeness (QED) is 0.355. The molecular formula is C2N8. The summed E-state index contributed by atoms with van der Waals surface area (Å²) in [7, 11) is 0. The molecule has 0 saturated carbocycles. The Balaban J connectivity index is 2.92. The minimum atomic E-state index is 0.417. The van der Waals surface area contributed by atoms with Crippen LogP contribution in [0.4, 0.5) is 0 Å². The van der Waals surface area contributed by atoms with Gasteiger partial charge in [0.05, 0.1) is 0 Å². The van der Waals surface area contributed by atoms with E-state index in [1.807, 2.05) is 0 Å². The summed E-state index contributed by atoms with van der Waals surface area (Å²) < 4.78 is 2.73. The van der Waals surface area contributed by atoms with Gasteiger partial charge in [-0.25, -0.2) is 0 Å². The van der Waals surface area contributed by atoms with Crippen LogP contribution >= 0.6 is 0 Å². The molecule has 0 saturated heterocycles. The average Bonchev–Trinajstić information content (AvgIpc) is 2.56. The molecule has 3 aromatic rings. The van der Waals surface area contributed by atoms with Crippen molar-refractivity contribution >= 4 is 11.6 Å². The summed E-state index contributed by atoms with van der Waals surface area (Å²) in [6.45, 7) is 0. The monoisotopic (exact) mass is 136 g/mol. The maximum absolute atomic E-state index is 3.66. The lowest BCUT2D eigenvalue weighted by atomic mass is 11.1. The van der Waals surface area contributed by atoms with E-state index in [2.05, 4.69) is 30.8 Å². The number of hydrogen-bond acceptors (Lipinski definition) is 6. The zero-order valence-corrected chi connectivity index (χ0v) is 4.58. The lowest BCUT2D eigenvalue weighted by molar-refractivity contribution is 0.620. The molecule has 0 aliphatic heterocycles. The van der Waals surface area contributed by atoms with Gasteiger partial charge in [0.15, 0.2) is 0 Å². The highest BCUT2D eigenvalue weighted by atomic mass is 15.8.